The van der Waals surface area contributed by atoms with E-state index in [2.05, 4.69) is 68.8 Å². The number of aromatic nitrogens is 1. The highest BCUT2D eigenvalue weighted by Crippen LogP contribution is 2.36. The van der Waals surface area contributed by atoms with Crippen molar-refractivity contribution >= 4 is 22.9 Å². The number of hydrogen-bond donors (Lipinski definition) is 3. The molecule has 1 unspecified atom stereocenters. The normalized spacial score (nSPS) is 13.2. The average molecular weight is 466 g/mol. The summed E-state index contributed by atoms with van der Waals surface area (Å²) in [6.07, 6.45) is 3.61. The summed E-state index contributed by atoms with van der Waals surface area (Å²) >= 11 is 0. The molecule has 6 heteroatoms. The van der Waals surface area contributed by atoms with Gasteiger partial charge in [-0.15, -0.1) is 0 Å². The van der Waals surface area contributed by atoms with Crippen molar-refractivity contribution in [1.82, 2.24) is 15.4 Å². The smallest absolute Gasteiger partial charge is 0.267 e. The van der Waals surface area contributed by atoms with Gasteiger partial charge in [-0.25, -0.2) is 9.87 Å². The predicted octanol–water partition coefficient (Wildman–Crippen LogP) is 6.14. The lowest BCUT2D eigenvalue weighted by atomic mass is 9.84. The molecule has 0 saturated heterocycles. The first-order chi connectivity index (χ1) is 16.1. The fraction of sp³-hybridized carbons (Fsp3) is 0.393. The number of amides is 1. The summed E-state index contributed by atoms with van der Waals surface area (Å²) in [7, 11) is 0. The number of benzene rings is 2. The number of nitrogens with one attached hydrogen (secondary N) is 2. The molecule has 182 valence electrons. The lowest BCUT2D eigenvalue weighted by Gasteiger charge is -2.28. The fourth-order valence-electron chi connectivity index (χ4n) is 4.54. The third kappa shape index (κ3) is 6.13. The van der Waals surface area contributed by atoms with Gasteiger partial charge in [-0.1, -0.05) is 65.0 Å². The molecule has 0 spiro atoms. The molecule has 5 nitrogen and oxygen atoms in total. The van der Waals surface area contributed by atoms with Crippen LogP contribution in [-0.2, 0) is 16.8 Å². The molecule has 34 heavy (non-hydrogen) atoms. The van der Waals surface area contributed by atoms with E-state index in [1.807, 2.05) is 0 Å². The van der Waals surface area contributed by atoms with Gasteiger partial charge in [-0.2, -0.15) is 0 Å². The highest BCUT2D eigenvalue weighted by atomic mass is 19.1. The molecular weight excluding hydrogens is 429 g/mol. The first-order valence-corrected chi connectivity index (χ1v) is 11.9. The molecule has 0 aliphatic rings. The van der Waals surface area contributed by atoms with E-state index in [1.54, 1.807) is 12.1 Å². The minimum Gasteiger partial charge on any atom is -0.358 e. The molecule has 0 bridgehead atoms. The van der Waals surface area contributed by atoms with Gasteiger partial charge < -0.3 is 4.98 Å². The summed E-state index contributed by atoms with van der Waals surface area (Å²) in [4.78, 5) is 17.1. The number of hydrogen-bond acceptors (Lipinski definition) is 3. The van der Waals surface area contributed by atoms with Gasteiger partial charge in [0.15, 0.2) is 0 Å². The van der Waals surface area contributed by atoms with Crippen LogP contribution in [0.4, 0.5) is 4.39 Å². The number of H-pyrrole nitrogens is 1. The Morgan fingerprint density at radius 1 is 1.24 bits per heavy atom. The van der Waals surface area contributed by atoms with Crippen LogP contribution in [0.3, 0.4) is 0 Å². The van der Waals surface area contributed by atoms with Gasteiger partial charge >= 0.3 is 0 Å². The maximum atomic E-state index is 14.9. The number of fused-ring (bicyclic) bond motifs is 1. The van der Waals surface area contributed by atoms with Crippen molar-refractivity contribution in [2.24, 2.45) is 0 Å². The van der Waals surface area contributed by atoms with Crippen molar-refractivity contribution in [1.29, 1.82) is 0 Å². The summed E-state index contributed by atoms with van der Waals surface area (Å²) in [5, 5.41) is 9.84. The molecule has 3 aromatic rings. The summed E-state index contributed by atoms with van der Waals surface area (Å²) in [6, 6.07) is 13.4. The van der Waals surface area contributed by atoms with Crippen molar-refractivity contribution in [2.75, 3.05) is 13.1 Å². The van der Waals surface area contributed by atoms with Crippen LogP contribution >= 0.6 is 0 Å². The van der Waals surface area contributed by atoms with Crippen LogP contribution in [0.1, 0.15) is 69.3 Å². The van der Waals surface area contributed by atoms with Gasteiger partial charge in [0, 0.05) is 46.7 Å². The summed E-state index contributed by atoms with van der Waals surface area (Å²) in [5.74, 6) is -0.693. The predicted molar refractivity (Wildman–Crippen MR) is 136 cm³/mol. The zero-order valence-electron chi connectivity index (χ0n) is 20.8. The minimum atomic E-state index is -0.653. The summed E-state index contributed by atoms with van der Waals surface area (Å²) in [5.41, 5.74) is 6.45. The van der Waals surface area contributed by atoms with Crippen LogP contribution in [0.15, 0.2) is 48.5 Å². The van der Waals surface area contributed by atoms with Crippen LogP contribution in [0.5, 0.6) is 0 Å². The molecule has 0 fully saturated rings. The minimum absolute atomic E-state index is 0.0133. The zero-order valence-corrected chi connectivity index (χ0v) is 20.8. The van der Waals surface area contributed by atoms with Gasteiger partial charge in [0.05, 0.1) is 0 Å². The van der Waals surface area contributed by atoms with E-state index in [-0.39, 0.29) is 17.2 Å². The van der Waals surface area contributed by atoms with Crippen molar-refractivity contribution in [3.63, 3.8) is 0 Å². The third-order valence-electron chi connectivity index (χ3n) is 6.07. The van der Waals surface area contributed by atoms with Crippen molar-refractivity contribution < 1.29 is 14.4 Å². The largest absolute Gasteiger partial charge is 0.358 e. The van der Waals surface area contributed by atoms with Crippen molar-refractivity contribution in [3.8, 4) is 0 Å². The van der Waals surface area contributed by atoms with E-state index in [9.17, 15) is 9.18 Å². The Morgan fingerprint density at radius 3 is 2.62 bits per heavy atom. The quantitative estimate of drug-likeness (QED) is 0.202. The Morgan fingerprint density at radius 2 is 1.97 bits per heavy atom. The van der Waals surface area contributed by atoms with Gasteiger partial charge in [-0.05, 0) is 48.2 Å². The second-order valence-electron chi connectivity index (χ2n) is 10.0. The summed E-state index contributed by atoms with van der Waals surface area (Å²) in [6.45, 7) is 13.3. The highest BCUT2D eigenvalue weighted by molar-refractivity contribution is 5.90. The molecule has 1 amide bonds. The van der Waals surface area contributed by atoms with Gasteiger partial charge in [-0.3, -0.25) is 14.9 Å². The number of hydroxylamine groups is 1. The number of carbonyl (C=O) groups excluding carboxylic acids is 1. The van der Waals surface area contributed by atoms with E-state index < -0.39 is 5.91 Å². The first-order valence-electron chi connectivity index (χ1n) is 11.9. The van der Waals surface area contributed by atoms with Crippen LogP contribution in [-0.4, -0.2) is 34.1 Å². The van der Waals surface area contributed by atoms with E-state index >= 15 is 0 Å². The van der Waals surface area contributed by atoms with Crippen LogP contribution in [0.2, 0.25) is 0 Å². The van der Waals surface area contributed by atoms with Crippen molar-refractivity contribution in [2.45, 2.75) is 58.9 Å². The van der Waals surface area contributed by atoms with Gasteiger partial charge in [0.25, 0.3) is 5.91 Å². The fourth-order valence-corrected chi connectivity index (χ4v) is 4.54. The maximum absolute atomic E-state index is 14.9. The lowest BCUT2D eigenvalue weighted by molar-refractivity contribution is -0.124. The molecule has 0 aliphatic heterocycles. The Kier molecular flexibility index (Phi) is 8.28. The second-order valence-corrected chi connectivity index (χ2v) is 10.0. The molecule has 0 radical (unpaired) electrons. The SMILES string of the molecule is CCCN(Cc1ccc(/C=C/C(=O)NO)cc1F)CC(C)c1c(C(C)(C)C)[nH]c2ccccc12. The number of para-hydroxylation sites is 1. The Labute approximate surface area is 201 Å². The number of aromatic amines is 1. The van der Waals surface area contributed by atoms with Crippen LogP contribution < -0.4 is 5.48 Å². The zero-order chi connectivity index (χ0) is 24.9. The number of rotatable bonds is 9. The van der Waals surface area contributed by atoms with E-state index in [4.69, 9.17) is 5.21 Å². The molecule has 0 aliphatic carbocycles. The summed E-state index contributed by atoms with van der Waals surface area (Å²) < 4.78 is 14.9. The van der Waals surface area contributed by atoms with E-state index in [1.165, 1.54) is 34.3 Å². The Hall–Kier alpha value is -2.96. The number of halogens is 1. The van der Waals surface area contributed by atoms with Gasteiger partial charge in [0.2, 0.25) is 0 Å². The molecule has 0 saturated carbocycles. The molecule has 2 aromatic carbocycles. The third-order valence-corrected chi connectivity index (χ3v) is 6.07. The topological polar surface area (TPSA) is 68.4 Å². The Bertz CT molecular complexity index is 1160. The van der Waals surface area contributed by atoms with Gasteiger partial charge in [0.1, 0.15) is 5.82 Å². The maximum Gasteiger partial charge on any atom is 0.267 e. The average Bonchev–Trinajstić information content (AvgIpc) is 3.19. The lowest BCUT2D eigenvalue weighted by Crippen LogP contribution is -2.29. The molecule has 3 rings (SSSR count). The number of carbonyl (C=O) groups is 1. The van der Waals surface area contributed by atoms with Crippen LogP contribution in [0.25, 0.3) is 17.0 Å². The second kappa shape index (κ2) is 11.0. The van der Waals surface area contributed by atoms with E-state index in [0.29, 0.717) is 17.7 Å². The van der Waals surface area contributed by atoms with E-state index in [0.717, 1.165) is 31.1 Å². The van der Waals surface area contributed by atoms with Crippen molar-refractivity contribution in [3.05, 3.63) is 76.7 Å². The molecule has 1 heterocycles. The highest BCUT2D eigenvalue weighted by Gasteiger charge is 2.26. The molecule has 1 atom stereocenters. The Balaban J connectivity index is 1.84. The molecular formula is C28H36FN3O2. The monoisotopic (exact) mass is 465 g/mol. The van der Waals surface area contributed by atoms with Crippen LogP contribution in [0, 0.1) is 5.82 Å². The molecule has 3 N–H and O–H groups in total. The standard InChI is InChI=1S/C28H36FN3O2/c1-6-15-32(18-21-13-11-20(16-23(21)29)12-14-25(33)31-34)17-19(2)26-22-9-7-8-10-24(22)30-27(26)28(3,4)5/h7-14,16,19,30,34H,6,15,17-18H2,1-5H3,(H,31,33)/b14-12+. The first kappa shape index (κ1) is 25.7. The molecule has 1 aromatic heterocycles. The number of nitrogens with zero attached hydrogens (tertiary/aromatic N) is 1.